The number of nitrogens with two attached hydrogens (primary N) is 1. The first-order valence-electron chi connectivity index (χ1n) is 8.67. The van der Waals surface area contributed by atoms with Crippen LogP contribution in [-0.2, 0) is 6.18 Å². The van der Waals surface area contributed by atoms with Gasteiger partial charge in [0, 0.05) is 24.8 Å². The van der Waals surface area contributed by atoms with E-state index in [-0.39, 0.29) is 34.9 Å². The van der Waals surface area contributed by atoms with Crippen molar-refractivity contribution in [1.29, 1.82) is 0 Å². The van der Waals surface area contributed by atoms with E-state index in [0.717, 1.165) is 12.1 Å². The second kappa shape index (κ2) is 8.01. The highest BCUT2D eigenvalue weighted by Crippen LogP contribution is 2.33. The lowest BCUT2D eigenvalue weighted by atomic mass is 10.1. The quantitative estimate of drug-likeness (QED) is 0.827. The summed E-state index contributed by atoms with van der Waals surface area (Å²) in [5.74, 6) is -0.160. The predicted octanol–water partition coefficient (Wildman–Crippen LogP) is 2.81. The summed E-state index contributed by atoms with van der Waals surface area (Å²) in [4.78, 5) is 22.5. The van der Waals surface area contributed by atoms with Gasteiger partial charge in [0.15, 0.2) is 17.3 Å². The number of nitrogens with zero attached hydrogens (tertiary/aromatic N) is 3. The van der Waals surface area contributed by atoms with Crippen LogP contribution in [0.2, 0.25) is 0 Å². The van der Waals surface area contributed by atoms with Crippen molar-refractivity contribution in [3.63, 3.8) is 0 Å². The zero-order valence-corrected chi connectivity index (χ0v) is 15.2. The Balaban J connectivity index is 1.87. The van der Waals surface area contributed by atoms with Gasteiger partial charge >= 0.3 is 6.18 Å². The fourth-order valence-electron chi connectivity index (χ4n) is 2.97. The molecule has 3 N–H and O–H groups in total. The number of hydrogen-bond acceptors (Lipinski definition) is 6. The van der Waals surface area contributed by atoms with E-state index in [1.165, 1.54) is 25.6 Å². The molecule has 2 heterocycles. The molecular weight excluding hydrogens is 375 g/mol. The van der Waals surface area contributed by atoms with E-state index in [4.69, 9.17) is 10.5 Å². The van der Waals surface area contributed by atoms with E-state index >= 15 is 0 Å². The van der Waals surface area contributed by atoms with Crippen molar-refractivity contribution in [3.05, 3.63) is 41.9 Å². The molecule has 3 rings (SSSR count). The van der Waals surface area contributed by atoms with Crippen LogP contribution in [0.5, 0.6) is 5.75 Å². The van der Waals surface area contributed by atoms with Crippen LogP contribution in [0.3, 0.4) is 0 Å². The number of aromatic nitrogens is 2. The minimum absolute atomic E-state index is 0.0439. The minimum Gasteiger partial charge on any atom is -0.491 e. The Morgan fingerprint density at radius 1 is 1.29 bits per heavy atom. The van der Waals surface area contributed by atoms with Crippen LogP contribution in [0, 0.1) is 0 Å². The highest BCUT2D eigenvalue weighted by atomic mass is 19.4. The van der Waals surface area contributed by atoms with Crippen LogP contribution < -0.4 is 15.8 Å². The molecule has 1 aromatic carbocycles. The Bertz CT molecular complexity index is 851. The summed E-state index contributed by atoms with van der Waals surface area (Å²) in [6.45, 7) is 1.01. The summed E-state index contributed by atoms with van der Waals surface area (Å²) in [5.41, 5.74) is 5.27. The fourth-order valence-corrected chi connectivity index (χ4v) is 2.97. The fraction of sp³-hybridized carbons (Fsp3) is 0.389. The number of methoxy groups -OCH3 is 1. The number of carbonyl (C=O) groups excluding carboxylic acids is 1. The van der Waals surface area contributed by atoms with Crippen LogP contribution in [0.25, 0.3) is 0 Å². The number of carbonyl (C=O) groups is 1. The van der Waals surface area contributed by atoms with Gasteiger partial charge in [0.2, 0.25) is 0 Å². The van der Waals surface area contributed by atoms with E-state index < -0.39 is 11.7 Å². The SMILES string of the molecule is COc1c(Nc2cccc(C(F)(F)F)c2)ncnc1C(=O)N1CCC(N)CC1. The average Bonchev–Trinajstić information content (AvgIpc) is 2.67. The van der Waals surface area contributed by atoms with Crippen molar-refractivity contribution in [3.8, 4) is 5.75 Å². The summed E-state index contributed by atoms with van der Waals surface area (Å²) >= 11 is 0. The lowest BCUT2D eigenvalue weighted by Gasteiger charge is -2.30. The first-order valence-corrected chi connectivity index (χ1v) is 8.67. The number of hydrogen-bond donors (Lipinski definition) is 2. The highest BCUT2D eigenvalue weighted by molar-refractivity contribution is 5.96. The number of rotatable bonds is 4. The van der Waals surface area contributed by atoms with Gasteiger partial charge in [-0.05, 0) is 31.0 Å². The van der Waals surface area contributed by atoms with E-state index in [1.807, 2.05) is 0 Å². The number of halogens is 3. The van der Waals surface area contributed by atoms with E-state index in [0.29, 0.717) is 25.9 Å². The molecule has 1 fully saturated rings. The summed E-state index contributed by atoms with van der Waals surface area (Å²) in [7, 11) is 1.35. The molecule has 0 bridgehead atoms. The largest absolute Gasteiger partial charge is 0.491 e. The smallest absolute Gasteiger partial charge is 0.416 e. The first-order chi connectivity index (χ1) is 13.3. The Morgan fingerprint density at radius 2 is 2.00 bits per heavy atom. The van der Waals surface area contributed by atoms with E-state index in [9.17, 15) is 18.0 Å². The van der Waals surface area contributed by atoms with Crippen molar-refractivity contribution in [2.24, 2.45) is 5.73 Å². The lowest BCUT2D eigenvalue weighted by molar-refractivity contribution is -0.137. The first kappa shape index (κ1) is 19.9. The normalized spacial score (nSPS) is 15.4. The molecule has 28 heavy (non-hydrogen) atoms. The van der Waals surface area contributed by atoms with Gasteiger partial charge < -0.3 is 20.7 Å². The van der Waals surface area contributed by atoms with Crippen LogP contribution in [0.15, 0.2) is 30.6 Å². The molecule has 0 aliphatic carbocycles. The average molecular weight is 395 g/mol. The number of piperidine rings is 1. The zero-order chi connectivity index (χ0) is 20.3. The van der Waals surface area contributed by atoms with Gasteiger partial charge in [-0.2, -0.15) is 13.2 Å². The Hall–Kier alpha value is -2.88. The van der Waals surface area contributed by atoms with Crippen molar-refractivity contribution in [2.75, 3.05) is 25.5 Å². The number of benzene rings is 1. The van der Waals surface area contributed by atoms with Gasteiger partial charge in [-0.15, -0.1) is 0 Å². The lowest BCUT2D eigenvalue weighted by Crippen LogP contribution is -2.43. The maximum atomic E-state index is 12.9. The van der Waals surface area contributed by atoms with Gasteiger partial charge in [-0.1, -0.05) is 6.07 Å². The molecule has 1 aromatic heterocycles. The second-order valence-electron chi connectivity index (χ2n) is 6.44. The molecule has 1 aliphatic rings. The highest BCUT2D eigenvalue weighted by Gasteiger charge is 2.31. The summed E-state index contributed by atoms with van der Waals surface area (Å²) in [6, 6.07) is 4.73. The molecule has 0 unspecified atom stereocenters. The molecule has 1 amide bonds. The van der Waals surface area contributed by atoms with E-state index in [1.54, 1.807) is 4.90 Å². The molecule has 0 atom stereocenters. The molecule has 0 radical (unpaired) electrons. The van der Waals surface area contributed by atoms with Crippen molar-refractivity contribution in [2.45, 2.75) is 25.1 Å². The monoisotopic (exact) mass is 395 g/mol. The van der Waals surface area contributed by atoms with Gasteiger partial charge in [0.25, 0.3) is 5.91 Å². The molecule has 1 saturated heterocycles. The number of ether oxygens (including phenoxy) is 1. The standard InChI is InChI=1S/C18H20F3N5O2/c1-28-15-14(17(27)26-7-5-12(22)6-8-26)23-10-24-16(15)25-13-4-2-3-11(9-13)18(19,20)21/h2-4,9-10,12H,5-8,22H2,1H3,(H,23,24,25). The maximum absolute atomic E-state index is 12.9. The number of amides is 1. The minimum atomic E-state index is -4.47. The van der Waals surface area contributed by atoms with Crippen molar-refractivity contribution >= 4 is 17.4 Å². The third-order valence-corrected chi connectivity index (χ3v) is 4.49. The van der Waals surface area contributed by atoms with Crippen LogP contribution >= 0.6 is 0 Å². The second-order valence-corrected chi connectivity index (χ2v) is 6.44. The number of likely N-dealkylation sites (tertiary alicyclic amines) is 1. The van der Waals surface area contributed by atoms with Crippen molar-refractivity contribution in [1.82, 2.24) is 14.9 Å². The molecule has 0 spiro atoms. The number of anilines is 2. The summed E-state index contributed by atoms with van der Waals surface area (Å²) < 4.78 is 44.1. The summed E-state index contributed by atoms with van der Waals surface area (Å²) in [5, 5.41) is 2.77. The topological polar surface area (TPSA) is 93.4 Å². The summed E-state index contributed by atoms with van der Waals surface area (Å²) in [6.07, 6.45) is -1.92. The van der Waals surface area contributed by atoms with Gasteiger partial charge in [0.05, 0.1) is 12.7 Å². The predicted molar refractivity (Wildman–Crippen MR) is 96.4 cm³/mol. The Labute approximate surface area is 159 Å². The molecule has 2 aromatic rings. The van der Waals surface area contributed by atoms with Gasteiger partial charge in [0.1, 0.15) is 6.33 Å². The third-order valence-electron chi connectivity index (χ3n) is 4.49. The van der Waals surface area contributed by atoms with Crippen LogP contribution in [0.4, 0.5) is 24.7 Å². The molecule has 1 aliphatic heterocycles. The Morgan fingerprint density at radius 3 is 2.64 bits per heavy atom. The molecule has 0 saturated carbocycles. The molecule has 7 nitrogen and oxygen atoms in total. The molecule has 150 valence electrons. The number of alkyl halides is 3. The van der Waals surface area contributed by atoms with Crippen LogP contribution in [-0.4, -0.2) is 47.0 Å². The molecular formula is C18H20F3N5O2. The van der Waals surface area contributed by atoms with Gasteiger partial charge in [-0.3, -0.25) is 4.79 Å². The Kier molecular flexibility index (Phi) is 5.68. The number of nitrogens with one attached hydrogen (secondary N) is 1. The van der Waals surface area contributed by atoms with E-state index in [2.05, 4.69) is 15.3 Å². The maximum Gasteiger partial charge on any atom is 0.416 e. The third kappa shape index (κ3) is 4.33. The molecule has 10 heteroatoms. The zero-order valence-electron chi connectivity index (χ0n) is 15.2. The van der Waals surface area contributed by atoms with Crippen molar-refractivity contribution < 1.29 is 22.7 Å². The van der Waals surface area contributed by atoms with Crippen LogP contribution in [0.1, 0.15) is 28.9 Å². The van der Waals surface area contributed by atoms with Gasteiger partial charge in [-0.25, -0.2) is 9.97 Å².